The van der Waals surface area contributed by atoms with Crippen LogP contribution in [0.2, 0.25) is 0 Å². The zero-order valence-corrected chi connectivity index (χ0v) is 9.69. The Morgan fingerprint density at radius 3 is 2.75 bits per heavy atom. The number of nitrogens with one attached hydrogen (secondary N) is 1. The summed E-state index contributed by atoms with van der Waals surface area (Å²) in [6, 6.07) is 1.74. The normalized spacial score (nSPS) is 9.62. The molecule has 1 rings (SSSR count). The second-order valence-corrected chi connectivity index (χ2v) is 3.28. The second-order valence-electron chi connectivity index (χ2n) is 3.28. The minimum Gasteiger partial charge on any atom is -0.325 e. The van der Waals surface area contributed by atoms with Gasteiger partial charge in [-0.25, -0.2) is 4.79 Å². The van der Waals surface area contributed by atoms with Crippen molar-refractivity contribution in [1.82, 2.24) is 14.7 Å². The molecule has 6 heteroatoms. The first-order valence-corrected chi connectivity index (χ1v) is 5.12. The van der Waals surface area contributed by atoms with Crippen LogP contribution in [0.1, 0.15) is 19.4 Å². The Kier molecular flexibility index (Phi) is 3.89. The van der Waals surface area contributed by atoms with Crippen molar-refractivity contribution in [1.29, 1.82) is 5.26 Å². The van der Waals surface area contributed by atoms with Crippen LogP contribution in [-0.4, -0.2) is 33.8 Å². The highest BCUT2D eigenvalue weighted by molar-refractivity contribution is 5.89. The molecule has 16 heavy (non-hydrogen) atoms. The fourth-order valence-corrected chi connectivity index (χ4v) is 1.35. The third-order valence-electron chi connectivity index (χ3n) is 2.23. The average Bonchev–Trinajstić information content (AvgIpc) is 2.60. The van der Waals surface area contributed by atoms with E-state index in [1.807, 2.05) is 19.9 Å². The molecule has 1 N–H and O–H groups in total. The minimum atomic E-state index is -0.236. The van der Waals surface area contributed by atoms with Gasteiger partial charge in [-0.2, -0.15) is 10.4 Å². The van der Waals surface area contributed by atoms with Gasteiger partial charge in [0.25, 0.3) is 0 Å². The Hall–Kier alpha value is -2.03. The predicted molar refractivity (Wildman–Crippen MR) is 59.9 cm³/mol. The third kappa shape index (κ3) is 2.51. The largest absolute Gasteiger partial charge is 0.325 e. The van der Waals surface area contributed by atoms with E-state index in [9.17, 15) is 4.79 Å². The van der Waals surface area contributed by atoms with Gasteiger partial charge in [0, 0.05) is 26.3 Å². The lowest BCUT2D eigenvalue weighted by molar-refractivity contribution is 0.217. The number of amides is 2. The number of hydrogen-bond acceptors (Lipinski definition) is 3. The van der Waals surface area contributed by atoms with Crippen molar-refractivity contribution >= 4 is 11.8 Å². The van der Waals surface area contributed by atoms with Crippen molar-refractivity contribution < 1.29 is 4.79 Å². The topological polar surface area (TPSA) is 74.0 Å². The number of rotatable bonds is 3. The van der Waals surface area contributed by atoms with E-state index in [1.165, 1.54) is 4.68 Å². The molecule has 0 aliphatic heterocycles. The van der Waals surface area contributed by atoms with Gasteiger partial charge in [0.15, 0.2) is 5.82 Å². The molecule has 86 valence electrons. The van der Waals surface area contributed by atoms with Crippen LogP contribution in [0.25, 0.3) is 0 Å². The number of aromatic nitrogens is 2. The van der Waals surface area contributed by atoms with Gasteiger partial charge >= 0.3 is 6.03 Å². The van der Waals surface area contributed by atoms with Crippen molar-refractivity contribution in [3.05, 3.63) is 11.8 Å². The molecule has 1 heterocycles. The highest BCUT2D eigenvalue weighted by Gasteiger charge is 2.14. The molecule has 1 aromatic heterocycles. The number of nitrogens with zero attached hydrogens (tertiary/aromatic N) is 4. The van der Waals surface area contributed by atoms with E-state index < -0.39 is 0 Å². The van der Waals surface area contributed by atoms with Crippen molar-refractivity contribution in [3.8, 4) is 6.07 Å². The summed E-state index contributed by atoms with van der Waals surface area (Å²) < 4.78 is 1.50. The molecule has 0 fully saturated rings. The summed E-state index contributed by atoms with van der Waals surface area (Å²) in [5.74, 6) is 0.307. The molecular weight excluding hydrogens is 206 g/mol. The van der Waals surface area contributed by atoms with Crippen LogP contribution in [0.5, 0.6) is 0 Å². The first-order chi connectivity index (χ1) is 7.62. The Morgan fingerprint density at radius 2 is 2.25 bits per heavy atom. The summed E-state index contributed by atoms with van der Waals surface area (Å²) in [7, 11) is 1.70. The van der Waals surface area contributed by atoms with E-state index in [-0.39, 0.29) is 6.03 Å². The van der Waals surface area contributed by atoms with Crippen molar-refractivity contribution in [2.75, 3.05) is 18.4 Å². The maximum absolute atomic E-state index is 11.7. The summed E-state index contributed by atoms with van der Waals surface area (Å²) in [4.78, 5) is 13.3. The molecule has 0 aliphatic rings. The third-order valence-corrected chi connectivity index (χ3v) is 2.23. The van der Waals surface area contributed by atoms with E-state index in [2.05, 4.69) is 10.4 Å². The quantitative estimate of drug-likeness (QED) is 0.832. The van der Waals surface area contributed by atoms with Gasteiger partial charge in [-0.05, 0) is 13.8 Å². The summed E-state index contributed by atoms with van der Waals surface area (Å²) in [6.45, 7) is 5.04. The average molecular weight is 221 g/mol. The molecule has 2 amide bonds. The SMILES string of the molecule is CCN(CC)C(=O)Nc1nn(C)cc1C#N. The lowest BCUT2D eigenvalue weighted by atomic mass is 10.3. The van der Waals surface area contributed by atoms with E-state index in [0.29, 0.717) is 24.5 Å². The first-order valence-electron chi connectivity index (χ1n) is 5.12. The minimum absolute atomic E-state index is 0.236. The summed E-state index contributed by atoms with van der Waals surface area (Å²) in [5, 5.41) is 15.5. The van der Waals surface area contributed by atoms with Crippen LogP contribution in [0.15, 0.2) is 6.20 Å². The zero-order chi connectivity index (χ0) is 12.1. The van der Waals surface area contributed by atoms with Gasteiger partial charge < -0.3 is 4.90 Å². The van der Waals surface area contributed by atoms with E-state index >= 15 is 0 Å². The van der Waals surface area contributed by atoms with Gasteiger partial charge in [-0.1, -0.05) is 0 Å². The molecule has 0 spiro atoms. The number of urea groups is 1. The highest BCUT2D eigenvalue weighted by atomic mass is 16.2. The maximum Gasteiger partial charge on any atom is 0.323 e. The van der Waals surface area contributed by atoms with E-state index in [1.54, 1.807) is 18.1 Å². The predicted octanol–water partition coefficient (Wildman–Crippen LogP) is 1.17. The Balaban J connectivity index is 2.80. The smallest absolute Gasteiger partial charge is 0.323 e. The molecule has 0 unspecified atom stereocenters. The van der Waals surface area contributed by atoms with Crippen LogP contribution in [0, 0.1) is 11.3 Å². The molecule has 0 bridgehead atoms. The standard InChI is InChI=1S/C10H15N5O/c1-4-15(5-2)10(16)12-9-8(6-11)7-14(3)13-9/h7H,4-5H2,1-3H3,(H,12,13,16). The fraction of sp³-hybridized carbons (Fsp3) is 0.500. The lowest BCUT2D eigenvalue weighted by Gasteiger charge is -2.18. The number of nitriles is 1. The van der Waals surface area contributed by atoms with E-state index in [4.69, 9.17) is 5.26 Å². The van der Waals surface area contributed by atoms with Crippen LogP contribution >= 0.6 is 0 Å². The van der Waals surface area contributed by atoms with Crippen LogP contribution < -0.4 is 5.32 Å². The summed E-state index contributed by atoms with van der Waals surface area (Å²) >= 11 is 0. The zero-order valence-electron chi connectivity index (χ0n) is 9.69. The highest BCUT2D eigenvalue weighted by Crippen LogP contribution is 2.11. The van der Waals surface area contributed by atoms with Crippen LogP contribution in [-0.2, 0) is 7.05 Å². The van der Waals surface area contributed by atoms with Gasteiger partial charge in [0.05, 0.1) is 0 Å². The van der Waals surface area contributed by atoms with Crippen molar-refractivity contribution in [2.45, 2.75) is 13.8 Å². The molecule has 0 aliphatic carbocycles. The maximum atomic E-state index is 11.7. The first kappa shape index (κ1) is 12.0. The molecule has 0 aromatic carbocycles. The lowest BCUT2D eigenvalue weighted by Crippen LogP contribution is -2.34. The molecule has 6 nitrogen and oxygen atoms in total. The van der Waals surface area contributed by atoms with Crippen LogP contribution in [0.4, 0.5) is 10.6 Å². The summed E-state index contributed by atoms with van der Waals surface area (Å²) in [5.41, 5.74) is 0.364. The Bertz CT molecular complexity index is 413. The molecular formula is C10H15N5O. The number of anilines is 1. The second kappa shape index (κ2) is 5.16. The molecule has 0 radical (unpaired) electrons. The Labute approximate surface area is 94.5 Å². The molecule has 0 atom stereocenters. The van der Waals surface area contributed by atoms with Gasteiger partial charge in [-0.3, -0.25) is 10.00 Å². The molecule has 0 saturated heterocycles. The van der Waals surface area contributed by atoms with Crippen molar-refractivity contribution in [2.24, 2.45) is 7.05 Å². The summed E-state index contributed by atoms with van der Waals surface area (Å²) in [6.07, 6.45) is 1.57. The van der Waals surface area contributed by atoms with Gasteiger partial charge in [0.1, 0.15) is 11.6 Å². The number of hydrogen-bond donors (Lipinski definition) is 1. The molecule has 1 aromatic rings. The number of carbonyl (C=O) groups excluding carboxylic acids is 1. The van der Waals surface area contributed by atoms with E-state index in [0.717, 1.165) is 0 Å². The monoisotopic (exact) mass is 221 g/mol. The van der Waals surface area contributed by atoms with Gasteiger partial charge in [-0.15, -0.1) is 0 Å². The number of carbonyl (C=O) groups is 1. The van der Waals surface area contributed by atoms with Crippen molar-refractivity contribution in [3.63, 3.8) is 0 Å². The Morgan fingerprint density at radius 1 is 1.62 bits per heavy atom. The number of aryl methyl sites for hydroxylation is 1. The fourth-order valence-electron chi connectivity index (χ4n) is 1.35. The van der Waals surface area contributed by atoms with Gasteiger partial charge in [0.2, 0.25) is 0 Å². The van der Waals surface area contributed by atoms with Crippen LogP contribution in [0.3, 0.4) is 0 Å². The molecule has 0 saturated carbocycles.